The molecule has 2 atom stereocenters. The van der Waals surface area contributed by atoms with Crippen LogP contribution >= 0.6 is 0 Å². The van der Waals surface area contributed by atoms with Crippen molar-refractivity contribution >= 4 is 20.2 Å². The lowest BCUT2D eigenvalue weighted by molar-refractivity contribution is 0.294. The van der Waals surface area contributed by atoms with Gasteiger partial charge in [0.2, 0.25) is 0 Å². The summed E-state index contributed by atoms with van der Waals surface area (Å²) >= 11 is 4.18. The van der Waals surface area contributed by atoms with E-state index in [-0.39, 0.29) is 6.61 Å². The van der Waals surface area contributed by atoms with Gasteiger partial charge in [-0.25, -0.2) is 0 Å². The predicted molar refractivity (Wildman–Crippen MR) is 65.7 cm³/mol. The molecule has 0 aromatic rings. The van der Waals surface area contributed by atoms with Gasteiger partial charge in [0.25, 0.3) is 9.05 Å². The summed E-state index contributed by atoms with van der Waals surface area (Å²) in [6.45, 7) is 5.01. The van der Waals surface area contributed by atoms with Crippen molar-refractivity contribution in [2.24, 2.45) is 0 Å². The maximum atomic E-state index is 10.6. The Bertz CT molecular complexity index is 242. The summed E-state index contributed by atoms with van der Waals surface area (Å²) in [5.41, 5.74) is 0. The average Bonchev–Trinajstić information content (AvgIpc) is 2.11. The van der Waals surface area contributed by atoms with Gasteiger partial charge < -0.3 is 5.32 Å². The molecule has 0 saturated heterocycles. The van der Waals surface area contributed by atoms with Crippen LogP contribution in [0.15, 0.2) is 0 Å². The van der Waals surface area contributed by atoms with Crippen molar-refractivity contribution in [2.45, 2.75) is 45.6 Å². The Morgan fingerprint density at radius 3 is 2.73 bits per heavy atom. The third kappa shape index (κ3) is 12.2. The summed E-state index contributed by atoms with van der Waals surface area (Å²) in [5, 5.41) is 3.21. The highest BCUT2D eigenvalue weighted by Crippen LogP contribution is 2.02. The molecule has 0 heterocycles. The first-order chi connectivity index (χ1) is 6.95. The fourth-order valence-electron chi connectivity index (χ4n) is 1.25. The molecule has 0 aliphatic rings. The molecule has 92 valence electrons. The molecule has 15 heavy (non-hydrogen) atoms. The van der Waals surface area contributed by atoms with E-state index < -0.39 is 9.05 Å². The van der Waals surface area contributed by atoms with Crippen LogP contribution in [0.4, 0.5) is 0 Å². The van der Waals surface area contributed by atoms with Gasteiger partial charge in [-0.3, -0.25) is 8.74 Å². The Balaban J connectivity index is 3.35. The molecular weight excluding hydrogens is 234 g/mol. The standard InChI is InChI=1S/C9H21NO3S2/c1-3-4-5-6-9(2)10-7-8-13-15(11,12)14/h9-10H,3-8H2,1-2H3,(H,11,12,14)/t9-/m0/s1. The largest absolute Gasteiger partial charge is 0.312 e. The van der Waals surface area contributed by atoms with Gasteiger partial charge in [0, 0.05) is 23.8 Å². The highest BCUT2D eigenvalue weighted by atomic mass is 32.9. The fourth-order valence-corrected chi connectivity index (χ4v) is 1.75. The SMILES string of the molecule is CCCCC[C@H](C)NCCOS(=O)(O)=S. The third-order valence-corrected chi connectivity index (χ3v) is 2.82. The van der Waals surface area contributed by atoms with Crippen molar-refractivity contribution < 1.29 is 12.9 Å². The first-order valence-corrected chi connectivity index (χ1v) is 7.67. The number of hydrogen-bond donors (Lipinski definition) is 2. The second kappa shape index (κ2) is 8.41. The van der Waals surface area contributed by atoms with Crippen LogP contribution in [0.25, 0.3) is 0 Å². The summed E-state index contributed by atoms with van der Waals surface area (Å²) in [7, 11) is -3.45. The number of hydrogen-bond acceptors (Lipinski definition) is 4. The Kier molecular flexibility index (Phi) is 8.55. The topological polar surface area (TPSA) is 58.6 Å². The van der Waals surface area contributed by atoms with Gasteiger partial charge >= 0.3 is 0 Å². The molecule has 0 saturated carbocycles. The zero-order valence-electron chi connectivity index (χ0n) is 9.40. The predicted octanol–water partition coefficient (Wildman–Crippen LogP) is 1.70. The second-order valence-electron chi connectivity index (χ2n) is 3.60. The van der Waals surface area contributed by atoms with Crippen LogP contribution in [0.3, 0.4) is 0 Å². The summed E-state index contributed by atoms with van der Waals surface area (Å²) in [4.78, 5) is 0. The molecule has 0 bridgehead atoms. The first kappa shape index (κ1) is 15.2. The van der Waals surface area contributed by atoms with Crippen LogP contribution in [0.1, 0.15) is 39.5 Å². The number of nitrogens with one attached hydrogen (secondary N) is 1. The third-order valence-electron chi connectivity index (χ3n) is 2.07. The Morgan fingerprint density at radius 1 is 1.53 bits per heavy atom. The Morgan fingerprint density at radius 2 is 2.20 bits per heavy atom. The van der Waals surface area contributed by atoms with Crippen molar-refractivity contribution in [3.63, 3.8) is 0 Å². The van der Waals surface area contributed by atoms with Gasteiger partial charge in [0.1, 0.15) is 0 Å². The molecule has 0 fully saturated rings. The maximum Gasteiger partial charge on any atom is 0.266 e. The van der Waals surface area contributed by atoms with E-state index in [4.69, 9.17) is 4.55 Å². The lowest BCUT2D eigenvalue weighted by Crippen LogP contribution is -2.29. The summed E-state index contributed by atoms with van der Waals surface area (Å²) in [5.74, 6) is 0. The molecule has 6 heteroatoms. The van der Waals surface area contributed by atoms with Gasteiger partial charge in [0.05, 0.1) is 6.61 Å². The van der Waals surface area contributed by atoms with Crippen LogP contribution in [-0.4, -0.2) is 28.0 Å². The van der Waals surface area contributed by atoms with E-state index in [1.54, 1.807) is 0 Å². The number of rotatable bonds is 9. The van der Waals surface area contributed by atoms with E-state index in [9.17, 15) is 4.21 Å². The molecule has 0 aliphatic heterocycles. The molecule has 0 amide bonds. The zero-order valence-corrected chi connectivity index (χ0v) is 11.0. The fraction of sp³-hybridized carbons (Fsp3) is 1.00. The van der Waals surface area contributed by atoms with Gasteiger partial charge in [-0.15, -0.1) is 0 Å². The molecule has 1 unspecified atom stereocenters. The van der Waals surface area contributed by atoms with E-state index in [2.05, 4.69) is 34.5 Å². The molecule has 0 rings (SSSR count). The molecular formula is C9H21NO3S2. The minimum absolute atomic E-state index is 0.178. The zero-order chi connectivity index (χ0) is 11.7. The van der Waals surface area contributed by atoms with Gasteiger partial charge in [-0.2, -0.15) is 4.21 Å². The van der Waals surface area contributed by atoms with Crippen molar-refractivity contribution in [2.75, 3.05) is 13.2 Å². The smallest absolute Gasteiger partial charge is 0.266 e. The monoisotopic (exact) mass is 255 g/mol. The highest BCUT2D eigenvalue weighted by molar-refractivity contribution is 8.27. The van der Waals surface area contributed by atoms with Gasteiger partial charge in [-0.1, -0.05) is 26.2 Å². The van der Waals surface area contributed by atoms with Crippen LogP contribution < -0.4 is 5.32 Å². The van der Waals surface area contributed by atoms with E-state index in [1.807, 2.05) is 0 Å². The molecule has 0 aromatic carbocycles. The van der Waals surface area contributed by atoms with Crippen LogP contribution in [0.5, 0.6) is 0 Å². The van der Waals surface area contributed by atoms with Crippen molar-refractivity contribution in [3.05, 3.63) is 0 Å². The minimum Gasteiger partial charge on any atom is -0.312 e. The molecule has 0 aliphatic carbocycles. The minimum atomic E-state index is -3.45. The first-order valence-electron chi connectivity index (χ1n) is 5.31. The van der Waals surface area contributed by atoms with Gasteiger partial charge in [0.15, 0.2) is 0 Å². The lowest BCUT2D eigenvalue weighted by Gasteiger charge is -2.13. The summed E-state index contributed by atoms with van der Waals surface area (Å²) < 4.78 is 23.8. The van der Waals surface area contributed by atoms with E-state index >= 15 is 0 Å². The molecule has 2 N–H and O–H groups in total. The number of unbranched alkanes of at least 4 members (excludes halogenated alkanes) is 2. The van der Waals surface area contributed by atoms with Crippen LogP contribution in [0.2, 0.25) is 0 Å². The van der Waals surface area contributed by atoms with E-state index in [0.29, 0.717) is 12.6 Å². The van der Waals surface area contributed by atoms with Crippen LogP contribution in [0, 0.1) is 0 Å². The molecule has 4 nitrogen and oxygen atoms in total. The van der Waals surface area contributed by atoms with E-state index in [1.165, 1.54) is 19.3 Å². The lowest BCUT2D eigenvalue weighted by atomic mass is 10.1. The van der Waals surface area contributed by atoms with Gasteiger partial charge in [-0.05, 0) is 13.3 Å². The molecule has 0 aromatic heterocycles. The van der Waals surface area contributed by atoms with E-state index in [0.717, 1.165) is 6.42 Å². The second-order valence-corrected chi connectivity index (χ2v) is 5.96. The average molecular weight is 255 g/mol. The molecule has 0 radical (unpaired) electrons. The maximum absolute atomic E-state index is 10.6. The Hall–Kier alpha value is 0.250. The van der Waals surface area contributed by atoms with Crippen molar-refractivity contribution in [1.82, 2.24) is 5.32 Å². The molecule has 0 spiro atoms. The summed E-state index contributed by atoms with van der Waals surface area (Å²) in [6, 6.07) is 0.417. The normalized spacial score (nSPS) is 17.3. The van der Waals surface area contributed by atoms with Crippen molar-refractivity contribution in [1.29, 1.82) is 0 Å². The Labute approximate surface area is 97.5 Å². The summed E-state index contributed by atoms with van der Waals surface area (Å²) in [6.07, 6.45) is 4.80. The quantitative estimate of drug-likeness (QED) is 0.614. The van der Waals surface area contributed by atoms with Crippen LogP contribution in [-0.2, 0) is 24.4 Å². The van der Waals surface area contributed by atoms with Crippen molar-refractivity contribution in [3.8, 4) is 0 Å². The highest BCUT2D eigenvalue weighted by Gasteiger charge is 2.02.